The first-order chi connectivity index (χ1) is 19.4. The molecule has 2 aromatic carbocycles. The summed E-state index contributed by atoms with van der Waals surface area (Å²) >= 11 is 0. The fraction of sp³-hybridized carbons (Fsp3) is 0.484. The number of hydrogen-bond donors (Lipinski definition) is 2. The van der Waals surface area contributed by atoms with Crippen LogP contribution in [0.4, 0.5) is 10.5 Å². The maximum Gasteiger partial charge on any atom is 0.321 e. The molecule has 40 heavy (non-hydrogen) atoms. The van der Waals surface area contributed by atoms with E-state index >= 15 is 0 Å². The number of ether oxygens (including phenoxy) is 2. The van der Waals surface area contributed by atoms with Crippen LogP contribution in [0.5, 0.6) is 11.5 Å². The predicted octanol–water partition coefficient (Wildman–Crippen LogP) is 4.44. The average Bonchev–Trinajstić information content (AvgIpc) is 3.25. The number of carbonyl (C=O) groups excluding carboxylic acids is 2. The molecule has 0 bridgehead atoms. The number of nitrogens with zero attached hydrogens (tertiary/aromatic N) is 3. The number of urea groups is 1. The van der Waals surface area contributed by atoms with Crippen LogP contribution in [0.3, 0.4) is 0 Å². The molecule has 3 amide bonds. The zero-order valence-corrected chi connectivity index (χ0v) is 23.5. The molecule has 3 heterocycles. The first kappa shape index (κ1) is 26.5. The van der Waals surface area contributed by atoms with Crippen molar-refractivity contribution in [1.82, 2.24) is 14.4 Å². The Hall–Kier alpha value is -3.72. The molecule has 1 atom stereocenters. The summed E-state index contributed by atoms with van der Waals surface area (Å²) in [6.07, 6.45) is 4.37. The van der Waals surface area contributed by atoms with Crippen molar-refractivity contribution in [2.24, 2.45) is 13.0 Å². The van der Waals surface area contributed by atoms with E-state index in [0.29, 0.717) is 19.6 Å². The molecule has 9 heteroatoms. The largest absolute Gasteiger partial charge is 0.497 e. The summed E-state index contributed by atoms with van der Waals surface area (Å²) < 4.78 is 12.9. The van der Waals surface area contributed by atoms with Crippen LogP contribution in [0.1, 0.15) is 49.4 Å². The third-order valence-corrected chi connectivity index (χ3v) is 9.41. The number of aromatic nitrogens is 1. The van der Waals surface area contributed by atoms with Gasteiger partial charge in [0.25, 0.3) is 0 Å². The Bertz CT molecular complexity index is 1420. The van der Waals surface area contributed by atoms with Crippen molar-refractivity contribution in [3.05, 3.63) is 53.7 Å². The van der Waals surface area contributed by atoms with Crippen molar-refractivity contribution in [2.45, 2.75) is 43.6 Å². The number of fused-ring (bicyclic) bond motifs is 4. The number of amides is 3. The monoisotopic (exact) mass is 546 g/mol. The van der Waals surface area contributed by atoms with Gasteiger partial charge in [-0.2, -0.15) is 0 Å². The highest BCUT2D eigenvalue weighted by Crippen LogP contribution is 2.51. The van der Waals surface area contributed by atoms with Gasteiger partial charge in [-0.15, -0.1) is 0 Å². The second-order valence-corrected chi connectivity index (χ2v) is 11.4. The van der Waals surface area contributed by atoms with Crippen LogP contribution in [0, 0.1) is 5.92 Å². The summed E-state index contributed by atoms with van der Waals surface area (Å²) in [6, 6.07) is 12.9. The SMILES string of the molecule is COc1ccc(NC(=O)N2CCC3(CC2)CN(C(=O)C2CCC2)[C@@H](CO)c2c3c3ccc(OC)cc3n2C)cc1. The lowest BCUT2D eigenvalue weighted by molar-refractivity contribution is -0.144. The van der Waals surface area contributed by atoms with E-state index in [1.807, 2.05) is 53.2 Å². The van der Waals surface area contributed by atoms with E-state index in [0.717, 1.165) is 65.9 Å². The average molecular weight is 547 g/mol. The normalized spacial score (nSPS) is 20.2. The summed E-state index contributed by atoms with van der Waals surface area (Å²) in [6.45, 7) is 1.57. The Morgan fingerprint density at radius 3 is 2.30 bits per heavy atom. The zero-order valence-electron chi connectivity index (χ0n) is 23.5. The first-order valence-electron chi connectivity index (χ1n) is 14.2. The summed E-state index contributed by atoms with van der Waals surface area (Å²) in [5.74, 6) is 1.70. The Morgan fingerprint density at radius 1 is 1.02 bits per heavy atom. The van der Waals surface area contributed by atoms with Gasteiger partial charge in [-0.1, -0.05) is 6.42 Å². The van der Waals surface area contributed by atoms with Crippen LogP contribution in [-0.4, -0.2) is 71.9 Å². The molecule has 0 unspecified atom stereocenters. The smallest absolute Gasteiger partial charge is 0.321 e. The molecule has 1 aromatic heterocycles. The van der Waals surface area contributed by atoms with Gasteiger partial charge in [0, 0.05) is 60.8 Å². The number of aliphatic hydroxyl groups is 1. The lowest BCUT2D eigenvalue weighted by Crippen LogP contribution is -2.57. The standard InChI is InChI=1S/C31H38N4O5/c1-33-25-17-23(40-3)11-12-24(25)27-28(33)26(18-36)35(29(37)20-5-4-6-20)19-31(27)13-15-34(16-14-31)30(38)32-21-7-9-22(39-2)10-8-21/h7-12,17,20,26,36H,4-6,13-16,18-19H2,1-3H3,(H,32,38)/t26-/m0/s1. The van der Waals surface area contributed by atoms with Crippen molar-refractivity contribution < 1.29 is 24.2 Å². The fourth-order valence-corrected chi connectivity index (χ4v) is 6.90. The number of rotatable bonds is 5. The molecular weight excluding hydrogens is 508 g/mol. The number of carbonyl (C=O) groups is 2. The van der Waals surface area contributed by atoms with E-state index in [1.165, 1.54) is 5.56 Å². The molecular formula is C31H38N4O5. The zero-order chi connectivity index (χ0) is 28.0. The number of anilines is 1. The van der Waals surface area contributed by atoms with E-state index in [4.69, 9.17) is 9.47 Å². The Labute approximate surface area is 234 Å². The van der Waals surface area contributed by atoms with Crippen LogP contribution in [-0.2, 0) is 17.3 Å². The van der Waals surface area contributed by atoms with Crippen LogP contribution >= 0.6 is 0 Å². The third kappa shape index (κ3) is 4.27. The molecule has 2 fully saturated rings. The second-order valence-electron chi connectivity index (χ2n) is 11.4. The van der Waals surface area contributed by atoms with Gasteiger partial charge in [0.05, 0.1) is 32.4 Å². The van der Waals surface area contributed by atoms with Crippen molar-refractivity contribution in [2.75, 3.05) is 45.8 Å². The summed E-state index contributed by atoms with van der Waals surface area (Å²) in [5.41, 5.74) is 3.64. The van der Waals surface area contributed by atoms with Crippen molar-refractivity contribution in [3.8, 4) is 11.5 Å². The molecule has 6 rings (SSSR count). The highest BCUT2D eigenvalue weighted by atomic mass is 16.5. The number of methoxy groups -OCH3 is 2. The van der Waals surface area contributed by atoms with E-state index in [9.17, 15) is 14.7 Å². The number of likely N-dealkylation sites (tertiary alicyclic amines) is 1. The van der Waals surface area contributed by atoms with Crippen LogP contribution < -0.4 is 14.8 Å². The molecule has 1 saturated heterocycles. The molecule has 1 saturated carbocycles. The maximum absolute atomic E-state index is 13.7. The summed E-state index contributed by atoms with van der Waals surface area (Å²) in [4.78, 5) is 30.8. The number of nitrogens with one attached hydrogen (secondary N) is 1. The molecule has 212 valence electrons. The van der Waals surface area contributed by atoms with Gasteiger partial charge in [0.2, 0.25) is 5.91 Å². The summed E-state index contributed by atoms with van der Waals surface area (Å²) in [7, 11) is 5.30. The van der Waals surface area contributed by atoms with E-state index in [2.05, 4.69) is 16.0 Å². The quantitative estimate of drug-likeness (QED) is 0.494. The molecule has 1 spiro atoms. The van der Waals surface area contributed by atoms with Gasteiger partial charge >= 0.3 is 6.03 Å². The Kier molecular flexibility index (Phi) is 6.86. The number of hydrogen-bond acceptors (Lipinski definition) is 5. The lowest BCUT2D eigenvalue weighted by Gasteiger charge is -2.51. The number of aliphatic hydroxyl groups excluding tert-OH is 1. The topological polar surface area (TPSA) is 96.3 Å². The number of piperidine rings is 1. The minimum Gasteiger partial charge on any atom is -0.497 e. The molecule has 3 aromatic rings. The van der Waals surface area contributed by atoms with Crippen LogP contribution in [0.15, 0.2) is 42.5 Å². The minimum atomic E-state index is -0.395. The van der Waals surface area contributed by atoms with Gasteiger partial charge in [-0.3, -0.25) is 4.79 Å². The van der Waals surface area contributed by atoms with Gasteiger partial charge in [0.1, 0.15) is 11.5 Å². The Morgan fingerprint density at radius 2 is 1.70 bits per heavy atom. The lowest BCUT2D eigenvalue weighted by atomic mass is 9.67. The van der Waals surface area contributed by atoms with Crippen molar-refractivity contribution in [3.63, 3.8) is 0 Å². The first-order valence-corrected chi connectivity index (χ1v) is 14.2. The van der Waals surface area contributed by atoms with E-state index < -0.39 is 6.04 Å². The summed E-state index contributed by atoms with van der Waals surface area (Å²) in [5, 5.41) is 14.8. The third-order valence-electron chi connectivity index (χ3n) is 9.41. The van der Waals surface area contributed by atoms with Gasteiger partial charge in [-0.05, 0) is 67.6 Å². The van der Waals surface area contributed by atoms with Crippen molar-refractivity contribution >= 4 is 28.5 Å². The van der Waals surface area contributed by atoms with Crippen molar-refractivity contribution in [1.29, 1.82) is 0 Å². The highest BCUT2D eigenvalue weighted by molar-refractivity contribution is 5.91. The van der Waals surface area contributed by atoms with Gasteiger partial charge < -0.3 is 34.3 Å². The van der Waals surface area contributed by atoms with E-state index in [-0.39, 0.29) is 29.9 Å². The fourth-order valence-electron chi connectivity index (χ4n) is 6.90. The molecule has 3 aliphatic rings. The second kappa shape index (κ2) is 10.4. The predicted molar refractivity (Wildman–Crippen MR) is 153 cm³/mol. The maximum atomic E-state index is 13.7. The number of benzene rings is 2. The minimum absolute atomic E-state index is 0.0396. The van der Waals surface area contributed by atoms with E-state index in [1.54, 1.807) is 14.2 Å². The van der Waals surface area contributed by atoms with Gasteiger partial charge in [-0.25, -0.2) is 4.79 Å². The van der Waals surface area contributed by atoms with Gasteiger partial charge in [0.15, 0.2) is 0 Å². The Balaban J connectivity index is 1.34. The van der Waals surface area contributed by atoms with Crippen LogP contribution in [0.25, 0.3) is 10.9 Å². The molecule has 1 aliphatic carbocycles. The highest BCUT2D eigenvalue weighted by Gasteiger charge is 2.50. The molecule has 2 aliphatic heterocycles. The number of aryl methyl sites for hydroxylation is 1. The molecule has 2 N–H and O–H groups in total. The molecule has 9 nitrogen and oxygen atoms in total. The molecule has 0 radical (unpaired) electrons. The van der Waals surface area contributed by atoms with Crippen LogP contribution in [0.2, 0.25) is 0 Å².